The van der Waals surface area contributed by atoms with Gasteiger partial charge in [0.05, 0.1) is 5.54 Å². The van der Waals surface area contributed by atoms with Crippen LogP contribution in [0.4, 0.5) is 0 Å². The fourth-order valence-electron chi connectivity index (χ4n) is 0.519. The Labute approximate surface area is 88.8 Å². The Morgan fingerprint density at radius 1 is 1.15 bits per heavy atom. The topological polar surface area (TPSA) is 57.6 Å². The molecule has 0 radical (unpaired) electrons. The summed E-state index contributed by atoms with van der Waals surface area (Å²) in [5.41, 5.74) is -1.09. The van der Waals surface area contributed by atoms with Gasteiger partial charge in [0.25, 0.3) is 10.1 Å². The number of halogens is 2. The maximum absolute atomic E-state index is 11.0. The second-order valence-electron chi connectivity index (χ2n) is 3.78. The SMILES string of the molecule is CC(C)(N(Cl)Cl)C(C)(C)S(=O)(=O)O. The number of rotatable bonds is 3. The summed E-state index contributed by atoms with van der Waals surface area (Å²) in [4.78, 5) is 0. The van der Waals surface area contributed by atoms with Crippen molar-refractivity contribution in [2.45, 2.75) is 38.0 Å². The molecule has 4 nitrogen and oxygen atoms in total. The molecule has 0 fully saturated rings. The first kappa shape index (κ1) is 13.4. The van der Waals surface area contributed by atoms with Crippen molar-refractivity contribution in [2.24, 2.45) is 0 Å². The first-order valence-corrected chi connectivity index (χ1v) is 5.65. The van der Waals surface area contributed by atoms with Gasteiger partial charge in [0.15, 0.2) is 0 Å². The normalized spacial score (nSPS) is 15.1. The Balaban J connectivity index is 5.29. The van der Waals surface area contributed by atoms with E-state index in [2.05, 4.69) is 0 Å². The molecule has 1 N–H and O–H groups in total. The van der Waals surface area contributed by atoms with Gasteiger partial charge in [-0.1, -0.05) is 0 Å². The van der Waals surface area contributed by atoms with E-state index in [-0.39, 0.29) is 0 Å². The van der Waals surface area contributed by atoms with Crippen molar-refractivity contribution in [1.82, 2.24) is 3.94 Å². The Morgan fingerprint density at radius 2 is 1.46 bits per heavy atom. The smallest absolute Gasteiger partial charge is 0.272 e. The van der Waals surface area contributed by atoms with E-state index in [0.717, 1.165) is 3.94 Å². The van der Waals surface area contributed by atoms with Gasteiger partial charge < -0.3 is 0 Å². The highest BCUT2D eigenvalue weighted by Crippen LogP contribution is 2.36. The summed E-state index contributed by atoms with van der Waals surface area (Å²) in [6.45, 7) is 5.72. The van der Waals surface area contributed by atoms with Crippen molar-refractivity contribution in [1.29, 1.82) is 0 Å². The molecular weight excluding hydrogens is 237 g/mol. The highest BCUT2D eigenvalue weighted by molar-refractivity contribution is 7.87. The van der Waals surface area contributed by atoms with Crippen LogP contribution in [0.25, 0.3) is 0 Å². The lowest BCUT2D eigenvalue weighted by molar-refractivity contribution is 0.256. The summed E-state index contributed by atoms with van der Waals surface area (Å²) in [6, 6.07) is 0. The molecule has 7 heteroatoms. The minimum Gasteiger partial charge on any atom is -0.285 e. The standard InChI is InChI=1S/C6H13Cl2NO3S/c1-5(2,9(7)8)6(3,4)13(10,11)12/h1-4H3,(H,10,11,12). The lowest BCUT2D eigenvalue weighted by Crippen LogP contribution is -2.55. The molecule has 80 valence electrons. The van der Waals surface area contributed by atoms with Gasteiger partial charge in [0.2, 0.25) is 0 Å². The second-order valence-corrected chi connectivity index (χ2v) is 6.60. The molecule has 0 rings (SSSR count). The summed E-state index contributed by atoms with van der Waals surface area (Å²) < 4.78 is 30.3. The molecule has 0 aliphatic rings. The molecule has 0 amide bonds. The van der Waals surface area contributed by atoms with Gasteiger partial charge >= 0.3 is 0 Å². The third-order valence-corrected chi connectivity index (χ3v) is 5.18. The monoisotopic (exact) mass is 249 g/mol. The number of hydrogen-bond donors (Lipinski definition) is 1. The zero-order valence-corrected chi connectivity index (χ0v) is 10.2. The van der Waals surface area contributed by atoms with Crippen LogP contribution < -0.4 is 0 Å². The molecule has 0 aromatic rings. The number of nitrogens with zero attached hydrogens (tertiary/aromatic N) is 1. The van der Waals surface area contributed by atoms with E-state index in [9.17, 15) is 8.42 Å². The molecule has 0 aliphatic carbocycles. The maximum atomic E-state index is 11.0. The van der Waals surface area contributed by atoms with E-state index in [1.54, 1.807) is 0 Å². The fourth-order valence-corrected chi connectivity index (χ4v) is 1.76. The van der Waals surface area contributed by atoms with Crippen LogP contribution in [-0.2, 0) is 10.1 Å². The average molecular weight is 250 g/mol. The molecule has 0 aromatic carbocycles. The quantitative estimate of drug-likeness (QED) is 0.615. The summed E-state index contributed by atoms with van der Waals surface area (Å²) in [5, 5.41) is 0. The molecule has 13 heavy (non-hydrogen) atoms. The van der Waals surface area contributed by atoms with Crippen LogP contribution in [-0.4, -0.2) is 27.2 Å². The van der Waals surface area contributed by atoms with Gasteiger partial charge in [-0.05, 0) is 51.2 Å². The highest BCUT2D eigenvalue weighted by Gasteiger charge is 2.50. The van der Waals surface area contributed by atoms with Gasteiger partial charge in [0.1, 0.15) is 4.75 Å². The third kappa shape index (κ3) is 2.27. The first-order chi connectivity index (χ1) is 5.44. The maximum Gasteiger partial charge on any atom is 0.272 e. The van der Waals surface area contributed by atoms with Crippen LogP contribution in [0.5, 0.6) is 0 Å². The van der Waals surface area contributed by atoms with Crippen LogP contribution in [0.2, 0.25) is 0 Å². The molecule has 0 heterocycles. The van der Waals surface area contributed by atoms with Crippen LogP contribution in [0, 0.1) is 0 Å². The van der Waals surface area contributed by atoms with Crippen LogP contribution >= 0.6 is 23.6 Å². The predicted molar refractivity (Wildman–Crippen MR) is 53.3 cm³/mol. The zero-order valence-electron chi connectivity index (χ0n) is 7.88. The third-order valence-electron chi connectivity index (χ3n) is 2.54. The van der Waals surface area contributed by atoms with E-state index >= 15 is 0 Å². The predicted octanol–water partition coefficient (Wildman–Crippen LogP) is 2.04. The highest BCUT2D eigenvalue weighted by atomic mass is 35.5. The minimum absolute atomic E-state index is 0.723. The van der Waals surface area contributed by atoms with Gasteiger partial charge in [-0.2, -0.15) is 8.42 Å². The van der Waals surface area contributed by atoms with Crippen molar-refractivity contribution in [3.05, 3.63) is 0 Å². The Morgan fingerprint density at radius 3 is 1.54 bits per heavy atom. The fraction of sp³-hybridized carbons (Fsp3) is 1.00. The molecular formula is C6H13Cl2NO3S. The van der Waals surface area contributed by atoms with Gasteiger partial charge in [-0.15, -0.1) is 3.94 Å². The molecule has 0 spiro atoms. The van der Waals surface area contributed by atoms with E-state index in [1.165, 1.54) is 27.7 Å². The molecule has 0 aromatic heterocycles. The van der Waals surface area contributed by atoms with Crippen LogP contribution in [0.1, 0.15) is 27.7 Å². The van der Waals surface area contributed by atoms with Gasteiger partial charge in [-0.25, -0.2) is 0 Å². The molecule has 0 atom stereocenters. The van der Waals surface area contributed by atoms with Crippen molar-refractivity contribution < 1.29 is 13.0 Å². The molecule has 0 bridgehead atoms. The van der Waals surface area contributed by atoms with Crippen LogP contribution in [0.3, 0.4) is 0 Å². The molecule has 0 unspecified atom stereocenters. The van der Waals surface area contributed by atoms with Crippen molar-refractivity contribution in [3.63, 3.8) is 0 Å². The molecule has 0 aliphatic heterocycles. The van der Waals surface area contributed by atoms with E-state index < -0.39 is 20.4 Å². The second kappa shape index (κ2) is 3.55. The Kier molecular flexibility index (Phi) is 3.67. The zero-order chi connectivity index (χ0) is 11.1. The van der Waals surface area contributed by atoms with Gasteiger partial charge in [0, 0.05) is 0 Å². The lowest BCUT2D eigenvalue weighted by Gasteiger charge is -2.40. The number of hydrogen-bond acceptors (Lipinski definition) is 3. The largest absolute Gasteiger partial charge is 0.285 e. The summed E-state index contributed by atoms with van der Waals surface area (Å²) >= 11 is 11.0. The lowest BCUT2D eigenvalue weighted by atomic mass is 9.91. The van der Waals surface area contributed by atoms with Crippen molar-refractivity contribution in [3.8, 4) is 0 Å². The Bertz CT molecular complexity index is 284. The van der Waals surface area contributed by atoms with Gasteiger partial charge in [-0.3, -0.25) is 4.55 Å². The minimum atomic E-state index is -4.22. The average Bonchev–Trinajstić information content (AvgIpc) is 1.84. The summed E-state index contributed by atoms with van der Waals surface area (Å²) in [5.74, 6) is 0. The van der Waals surface area contributed by atoms with Crippen molar-refractivity contribution >= 4 is 33.7 Å². The molecule has 0 saturated heterocycles. The summed E-state index contributed by atoms with van der Waals surface area (Å²) in [6.07, 6.45) is 0. The molecule has 0 saturated carbocycles. The summed E-state index contributed by atoms with van der Waals surface area (Å²) in [7, 11) is -4.22. The van der Waals surface area contributed by atoms with Crippen LogP contribution in [0.15, 0.2) is 0 Å². The van der Waals surface area contributed by atoms with E-state index in [1.807, 2.05) is 0 Å². The van der Waals surface area contributed by atoms with E-state index in [0.29, 0.717) is 0 Å². The van der Waals surface area contributed by atoms with Crippen molar-refractivity contribution in [2.75, 3.05) is 0 Å². The Hall–Kier alpha value is 0.450. The van der Waals surface area contributed by atoms with E-state index in [4.69, 9.17) is 28.1 Å². The first-order valence-electron chi connectivity index (χ1n) is 3.53.